The van der Waals surface area contributed by atoms with Crippen LogP contribution in [0.3, 0.4) is 0 Å². The van der Waals surface area contributed by atoms with Gasteiger partial charge in [-0.1, -0.05) is 30.8 Å². The molecule has 1 aromatic heterocycles. The van der Waals surface area contributed by atoms with Gasteiger partial charge >= 0.3 is 0 Å². The minimum atomic E-state index is -0.249. The van der Waals surface area contributed by atoms with Crippen molar-refractivity contribution in [2.45, 2.75) is 19.8 Å². The molecule has 0 spiro atoms. The van der Waals surface area contributed by atoms with E-state index in [1.807, 2.05) is 36.6 Å². The summed E-state index contributed by atoms with van der Waals surface area (Å²) in [6.07, 6.45) is 1.31. The molecule has 1 fully saturated rings. The molecule has 0 aliphatic carbocycles. The highest BCUT2D eigenvalue weighted by Crippen LogP contribution is 2.26. The van der Waals surface area contributed by atoms with Crippen LogP contribution in [0, 0.1) is 0 Å². The fourth-order valence-electron chi connectivity index (χ4n) is 2.54. The largest absolute Gasteiger partial charge is 0.326 e. The quantitative estimate of drug-likeness (QED) is 0.735. The van der Waals surface area contributed by atoms with Gasteiger partial charge in [0.25, 0.3) is 5.24 Å². The summed E-state index contributed by atoms with van der Waals surface area (Å²) in [6, 6.07) is 7.42. The average molecular weight is 405 g/mol. The van der Waals surface area contributed by atoms with Gasteiger partial charge in [0.05, 0.1) is 5.69 Å². The van der Waals surface area contributed by atoms with Gasteiger partial charge in [-0.05, 0) is 18.6 Å². The summed E-state index contributed by atoms with van der Waals surface area (Å²) in [7, 11) is 0. The first kappa shape index (κ1) is 19.4. The molecule has 3 rings (SSSR count). The van der Waals surface area contributed by atoms with E-state index in [1.165, 1.54) is 28.0 Å². The maximum absolute atomic E-state index is 12.1. The van der Waals surface area contributed by atoms with Crippen molar-refractivity contribution in [3.8, 4) is 11.3 Å². The van der Waals surface area contributed by atoms with E-state index < -0.39 is 0 Å². The zero-order valence-electron chi connectivity index (χ0n) is 14.9. The Morgan fingerprint density at radius 1 is 1.19 bits per heavy atom. The zero-order valence-corrected chi connectivity index (χ0v) is 16.5. The van der Waals surface area contributed by atoms with Crippen molar-refractivity contribution in [3.63, 3.8) is 0 Å². The van der Waals surface area contributed by atoms with Crippen molar-refractivity contribution in [2.24, 2.45) is 0 Å². The molecule has 1 aromatic carbocycles. The molecular formula is C18H20N4O3S2. The summed E-state index contributed by atoms with van der Waals surface area (Å²) in [4.78, 5) is 41.2. The third kappa shape index (κ3) is 5.30. The van der Waals surface area contributed by atoms with Crippen LogP contribution < -0.4 is 10.6 Å². The summed E-state index contributed by atoms with van der Waals surface area (Å²) in [6.45, 7) is 2.61. The number of anilines is 2. The Bertz CT molecular complexity index is 835. The second-order valence-electron chi connectivity index (χ2n) is 6.00. The van der Waals surface area contributed by atoms with E-state index in [1.54, 1.807) is 0 Å². The number of hydrogen-bond donors (Lipinski definition) is 2. The SMILES string of the molecule is CCCC(=O)Nc1ccc(-c2csc(NC(=O)CN3CCSC3=O)n2)cc1. The minimum Gasteiger partial charge on any atom is -0.326 e. The molecule has 27 heavy (non-hydrogen) atoms. The highest BCUT2D eigenvalue weighted by Gasteiger charge is 2.23. The second-order valence-corrected chi connectivity index (χ2v) is 7.90. The average Bonchev–Trinajstić information content (AvgIpc) is 3.25. The van der Waals surface area contributed by atoms with E-state index in [0.717, 1.165) is 29.1 Å². The molecule has 0 saturated carbocycles. The fourth-order valence-corrected chi connectivity index (χ4v) is 4.10. The van der Waals surface area contributed by atoms with E-state index in [0.29, 0.717) is 18.1 Å². The van der Waals surface area contributed by atoms with Gasteiger partial charge in [-0.2, -0.15) is 0 Å². The Labute approximate surface area is 165 Å². The van der Waals surface area contributed by atoms with Crippen LogP contribution in [-0.2, 0) is 9.59 Å². The molecule has 0 radical (unpaired) electrons. The predicted octanol–water partition coefficient (Wildman–Crippen LogP) is 3.66. The van der Waals surface area contributed by atoms with Gasteiger partial charge < -0.3 is 15.5 Å². The number of thioether (sulfide) groups is 1. The van der Waals surface area contributed by atoms with E-state index in [9.17, 15) is 14.4 Å². The number of aromatic nitrogens is 1. The van der Waals surface area contributed by atoms with Crippen molar-refractivity contribution < 1.29 is 14.4 Å². The van der Waals surface area contributed by atoms with Gasteiger partial charge in [-0.15, -0.1) is 11.3 Å². The lowest BCUT2D eigenvalue weighted by atomic mass is 10.1. The van der Waals surface area contributed by atoms with Crippen LogP contribution in [0.4, 0.5) is 15.6 Å². The molecule has 142 valence electrons. The van der Waals surface area contributed by atoms with Gasteiger partial charge in [0.2, 0.25) is 11.8 Å². The number of thiazole rings is 1. The van der Waals surface area contributed by atoms with E-state index >= 15 is 0 Å². The predicted molar refractivity (Wildman–Crippen MR) is 109 cm³/mol. The molecule has 1 aliphatic rings. The van der Waals surface area contributed by atoms with Crippen LogP contribution in [0.15, 0.2) is 29.6 Å². The number of hydrogen-bond acceptors (Lipinski definition) is 6. The van der Waals surface area contributed by atoms with Gasteiger partial charge in [0.15, 0.2) is 5.13 Å². The van der Waals surface area contributed by atoms with Crippen LogP contribution in [-0.4, -0.2) is 45.8 Å². The van der Waals surface area contributed by atoms with Crippen LogP contribution >= 0.6 is 23.1 Å². The number of nitrogens with one attached hydrogen (secondary N) is 2. The lowest BCUT2D eigenvalue weighted by Gasteiger charge is -2.12. The molecule has 1 aliphatic heterocycles. The number of rotatable bonds is 7. The number of carbonyl (C=O) groups excluding carboxylic acids is 3. The minimum absolute atomic E-state index is 0.00112. The van der Waals surface area contributed by atoms with Crippen LogP contribution in [0.2, 0.25) is 0 Å². The Morgan fingerprint density at radius 2 is 1.96 bits per heavy atom. The third-order valence-corrected chi connectivity index (χ3v) is 5.52. The molecule has 0 bridgehead atoms. The van der Waals surface area contributed by atoms with Crippen molar-refractivity contribution in [1.29, 1.82) is 0 Å². The number of benzene rings is 1. The summed E-state index contributed by atoms with van der Waals surface area (Å²) >= 11 is 2.56. The summed E-state index contributed by atoms with van der Waals surface area (Å²) in [5.41, 5.74) is 2.38. The van der Waals surface area contributed by atoms with Crippen molar-refractivity contribution >= 4 is 51.0 Å². The standard InChI is InChI=1S/C18H20N4O3S2/c1-2-3-15(23)19-13-6-4-12(5-7-13)14-11-27-17(20-14)21-16(24)10-22-8-9-26-18(22)25/h4-7,11H,2-3,8-10H2,1H3,(H,19,23)(H,20,21,24). The first-order valence-electron chi connectivity index (χ1n) is 8.62. The van der Waals surface area contributed by atoms with Crippen molar-refractivity contribution in [2.75, 3.05) is 29.5 Å². The number of carbonyl (C=O) groups is 3. The lowest BCUT2D eigenvalue weighted by molar-refractivity contribution is -0.117. The molecule has 0 unspecified atom stereocenters. The highest BCUT2D eigenvalue weighted by atomic mass is 32.2. The fraction of sp³-hybridized carbons (Fsp3) is 0.333. The molecule has 1 saturated heterocycles. The second kappa shape index (κ2) is 9.01. The highest BCUT2D eigenvalue weighted by molar-refractivity contribution is 8.13. The van der Waals surface area contributed by atoms with Crippen LogP contribution in [0.1, 0.15) is 19.8 Å². The van der Waals surface area contributed by atoms with Crippen LogP contribution in [0.5, 0.6) is 0 Å². The third-order valence-electron chi connectivity index (χ3n) is 3.87. The Balaban J connectivity index is 1.57. The molecule has 2 N–H and O–H groups in total. The first-order chi connectivity index (χ1) is 13.0. The van der Waals surface area contributed by atoms with Gasteiger partial charge in [-0.3, -0.25) is 14.4 Å². The topological polar surface area (TPSA) is 91.4 Å². The first-order valence-corrected chi connectivity index (χ1v) is 10.5. The van der Waals surface area contributed by atoms with Crippen LogP contribution in [0.25, 0.3) is 11.3 Å². The molecule has 2 aromatic rings. The molecule has 2 heterocycles. The van der Waals surface area contributed by atoms with Crippen molar-refractivity contribution in [3.05, 3.63) is 29.6 Å². The maximum Gasteiger partial charge on any atom is 0.282 e. The summed E-state index contributed by atoms with van der Waals surface area (Å²) < 4.78 is 0. The van der Waals surface area contributed by atoms with Gasteiger partial charge in [-0.25, -0.2) is 4.98 Å². The Morgan fingerprint density at radius 3 is 2.63 bits per heavy atom. The van der Waals surface area contributed by atoms with Gasteiger partial charge in [0, 0.05) is 35.3 Å². The number of amides is 3. The molecule has 0 atom stereocenters. The monoisotopic (exact) mass is 404 g/mol. The van der Waals surface area contributed by atoms with Gasteiger partial charge in [0.1, 0.15) is 6.54 Å². The van der Waals surface area contributed by atoms with E-state index in [4.69, 9.17) is 0 Å². The Kier molecular flexibility index (Phi) is 6.46. The normalized spacial score (nSPS) is 13.7. The van der Waals surface area contributed by atoms with E-state index in [-0.39, 0.29) is 23.6 Å². The Hall–Kier alpha value is -2.39. The molecule has 7 nitrogen and oxygen atoms in total. The molecule has 9 heteroatoms. The maximum atomic E-state index is 12.1. The smallest absolute Gasteiger partial charge is 0.282 e. The van der Waals surface area contributed by atoms with E-state index in [2.05, 4.69) is 15.6 Å². The summed E-state index contributed by atoms with van der Waals surface area (Å²) in [5.74, 6) is 0.474. The summed E-state index contributed by atoms with van der Waals surface area (Å²) in [5, 5.41) is 7.88. The zero-order chi connectivity index (χ0) is 19.2. The van der Waals surface area contributed by atoms with Crippen molar-refractivity contribution in [1.82, 2.24) is 9.88 Å². The molecule has 3 amide bonds. The lowest BCUT2D eigenvalue weighted by Crippen LogP contribution is -2.33. The molecular weight excluding hydrogens is 384 g/mol. The number of nitrogens with zero attached hydrogens (tertiary/aromatic N) is 2.